The van der Waals surface area contributed by atoms with E-state index in [4.69, 9.17) is 0 Å². The number of halogens is 1. The zero-order valence-electron chi connectivity index (χ0n) is 12.5. The summed E-state index contributed by atoms with van der Waals surface area (Å²) in [4.78, 5) is 21.7. The molecule has 0 spiro atoms. The number of carbonyl (C=O) groups excluding carboxylic acids is 1. The quantitative estimate of drug-likeness (QED) is 0.789. The van der Waals surface area contributed by atoms with Gasteiger partial charge in [0.2, 0.25) is 0 Å². The van der Waals surface area contributed by atoms with Gasteiger partial charge in [0, 0.05) is 24.6 Å². The number of imidazole rings is 1. The van der Waals surface area contributed by atoms with Gasteiger partial charge in [-0.3, -0.25) is 4.79 Å². The predicted molar refractivity (Wildman–Crippen MR) is 85.8 cm³/mol. The Labute approximate surface area is 133 Å². The van der Waals surface area contributed by atoms with Crippen LogP contribution in [0.1, 0.15) is 28.3 Å². The van der Waals surface area contributed by atoms with E-state index in [0.717, 1.165) is 23.0 Å². The summed E-state index contributed by atoms with van der Waals surface area (Å²) in [5, 5.41) is 0. The number of nitrogens with zero attached hydrogens (tertiary/aromatic N) is 2. The predicted octanol–water partition coefficient (Wildman–Crippen LogP) is 3.33. The smallest absolute Gasteiger partial charge is 0.253 e. The molecule has 4 nitrogen and oxygen atoms in total. The minimum atomic E-state index is -0.225. The maximum absolute atomic E-state index is 13.4. The summed E-state index contributed by atoms with van der Waals surface area (Å²) in [6, 6.07) is 12.1. The van der Waals surface area contributed by atoms with Crippen LogP contribution in [0, 0.1) is 5.82 Å². The Morgan fingerprint density at radius 1 is 1.26 bits per heavy atom. The Morgan fingerprint density at radius 2 is 2.17 bits per heavy atom. The summed E-state index contributed by atoms with van der Waals surface area (Å²) >= 11 is 0. The summed E-state index contributed by atoms with van der Waals surface area (Å²) in [6.45, 7) is 1.32. The standard InChI is InChI=1S/C18H16FN3O/c19-15-3-1-2-12(8-15)14-6-7-22(10-14)18(23)13-4-5-16-17(9-13)21-11-20-16/h1-5,8-9,11,14H,6-7,10H2,(H,20,21)/t14-/m1/s1. The number of likely N-dealkylation sites (tertiary alicyclic amines) is 1. The van der Waals surface area contributed by atoms with Crippen LogP contribution in [-0.4, -0.2) is 33.9 Å². The van der Waals surface area contributed by atoms with Gasteiger partial charge in [0.25, 0.3) is 5.91 Å². The Kier molecular flexibility index (Phi) is 3.33. The van der Waals surface area contributed by atoms with Gasteiger partial charge in [-0.05, 0) is 42.3 Å². The number of fused-ring (bicyclic) bond motifs is 1. The summed E-state index contributed by atoms with van der Waals surface area (Å²) < 4.78 is 13.4. The van der Waals surface area contributed by atoms with Gasteiger partial charge in [-0.2, -0.15) is 0 Å². The van der Waals surface area contributed by atoms with Crippen molar-refractivity contribution in [3.63, 3.8) is 0 Å². The zero-order valence-corrected chi connectivity index (χ0v) is 12.5. The Hall–Kier alpha value is -2.69. The van der Waals surface area contributed by atoms with E-state index < -0.39 is 0 Å². The van der Waals surface area contributed by atoms with Gasteiger partial charge < -0.3 is 9.88 Å². The number of benzene rings is 2. The zero-order chi connectivity index (χ0) is 15.8. The summed E-state index contributed by atoms with van der Waals surface area (Å²) in [5.41, 5.74) is 3.32. The second-order valence-electron chi connectivity index (χ2n) is 5.93. The van der Waals surface area contributed by atoms with Crippen LogP contribution in [0.2, 0.25) is 0 Å². The molecule has 1 aliphatic heterocycles. The molecule has 3 aromatic rings. The molecule has 23 heavy (non-hydrogen) atoms. The molecule has 2 aromatic carbocycles. The van der Waals surface area contributed by atoms with E-state index in [1.807, 2.05) is 23.1 Å². The van der Waals surface area contributed by atoms with E-state index in [1.165, 1.54) is 6.07 Å². The first-order chi connectivity index (χ1) is 11.2. The second kappa shape index (κ2) is 5.50. The highest BCUT2D eigenvalue weighted by Crippen LogP contribution is 2.28. The van der Waals surface area contributed by atoms with E-state index >= 15 is 0 Å². The van der Waals surface area contributed by atoms with Crippen LogP contribution in [0.5, 0.6) is 0 Å². The summed E-state index contributed by atoms with van der Waals surface area (Å²) in [5.74, 6) is -0.0112. The third-order valence-electron chi connectivity index (χ3n) is 4.46. The van der Waals surface area contributed by atoms with Crippen LogP contribution >= 0.6 is 0 Å². The number of aromatic amines is 1. The van der Waals surface area contributed by atoms with Crippen molar-refractivity contribution in [1.82, 2.24) is 14.9 Å². The number of amides is 1. The largest absolute Gasteiger partial charge is 0.345 e. The fourth-order valence-electron chi connectivity index (χ4n) is 3.23. The van der Waals surface area contributed by atoms with Gasteiger partial charge in [0.15, 0.2) is 0 Å². The molecule has 1 aliphatic rings. The highest BCUT2D eigenvalue weighted by atomic mass is 19.1. The Balaban J connectivity index is 1.53. The average Bonchev–Trinajstić information content (AvgIpc) is 3.22. The molecule has 2 heterocycles. The van der Waals surface area contributed by atoms with E-state index in [-0.39, 0.29) is 17.6 Å². The van der Waals surface area contributed by atoms with Gasteiger partial charge in [0.1, 0.15) is 5.82 Å². The minimum Gasteiger partial charge on any atom is -0.345 e. The fraction of sp³-hybridized carbons (Fsp3) is 0.222. The molecule has 0 aliphatic carbocycles. The lowest BCUT2D eigenvalue weighted by Crippen LogP contribution is -2.28. The molecule has 0 radical (unpaired) electrons. The van der Waals surface area contributed by atoms with Crippen LogP contribution in [0.3, 0.4) is 0 Å². The first-order valence-corrected chi connectivity index (χ1v) is 7.68. The molecule has 1 N–H and O–H groups in total. The molecular weight excluding hydrogens is 293 g/mol. The lowest BCUT2D eigenvalue weighted by Gasteiger charge is -2.17. The van der Waals surface area contributed by atoms with Crippen molar-refractivity contribution in [2.45, 2.75) is 12.3 Å². The Morgan fingerprint density at radius 3 is 3.04 bits per heavy atom. The van der Waals surface area contributed by atoms with Crippen LogP contribution in [0.4, 0.5) is 4.39 Å². The third-order valence-corrected chi connectivity index (χ3v) is 4.46. The Bertz CT molecular complexity index is 873. The first kappa shape index (κ1) is 13.9. The molecule has 5 heteroatoms. The molecular formula is C18H16FN3O. The number of aromatic nitrogens is 2. The molecule has 0 saturated carbocycles. The number of hydrogen-bond acceptors (Lipinski definition) is 2. The van der Waals surface area contributed by atoms with Gasteiger partial charge in [-0.15, -0.1) is 0 Å². The van der Waals surface area contributed by atoms with Gasteiger partial charge in [-0.1, -0.05) is 12.1 Å². The normalized spacial score (nSPS) is 17.8. The third kappa shape index (κ3) is 2.59. The maximum Gasteiger partial charge on any atom is 0.253 e. The summed E-state index contributed by atoms with van der Waals surface area (Å²) in [6.07, 6.45) is 2.48. The first-order valence-electron chi connectivity index (χ1n) is 7.68. The van der Waals surface area contributed by atoms with Crippen molar-refractivity contribution >= 4 is 16.9 Å². The molecule has 0 bridgehead atoms. The molecule has 1 atom stereocenters. The molecule has 0 unspecified atom stereocenters. The average molecular weight is 309 g/mol. The minimum absolute atomic E-state index is 0.0143. The molecule has 116 valence electrons. The van der Waals surface area contributed by atoms with E-state index in [1.54, 1.807) is 24.5 Å². The number of H-pyrrole nitrogens is 1. The van der Waals surface area contributed by atoms with E-state index in [2.05, 4.69) is 9.97 Å². The second-order valence-corrected chi connectivity index (χ2v) is 5.93. The van der Waals surface area contributed by atoms with Crippen molar-refractivity contribution in [2.24, 2.45) is 0 Å². The highest BCUT2D eigenvalue weighted by Gasteiger charge is 2.28. The van der Waals surface area contributed by atoms with Gasteiger partial charge in [0.05, 0.1) is 17.4 Å². The lowest BCUT2D eigenvalue weighted by molar-refractivity contribution is 0.0791. The summed E-state index contributed by atoms with van der Waals surface area (Å²) in [7, 11) is 0. The SMILES string of the molecule is O=C(c1ccc2nc[nH]c2c1)N1CC[C@@H](c2cccc(F)c2)C1. The molecule has 4 rings (SSSR count). The fourth-order valence-corrected chi connectivity index (χ4v) is 3.23. The van der Waals surface area contributed by atoms with Crippen molar-refractivity contribution in [3.8, 4) is 0 Å². The lowest BCUT2D eigenvalue weighted by atomic mass is 9.98. The van der Waals surface area contributed by atoms with Crippen molar-refractivity contribution in [1.29, 1.82) is 0 Å². The molecule has 1 amide bonds. The van der Waals surface area contributed by atoms with Crippen molar-refractivity contribution in [3.05, 3.63) is 65.7 Å². The maximum atomic E-state index is 13.4. The molecule has 1 fully saturated rings. The number of hydrogen-bond donors (Lipinski definition) is 1. The van der Waals surface area contributed by atoms with E-state index in [0.29, 0.717) is 18.7 Å². The van der Waals surface area contributed by atoms with Crippen LogP contribution in [-0.2, 0) is 0 Å². The molecule has 1 aromatic heterocycles. The topological polar surface area (TPSA) is 49.0 Å². The number of rotatable bonds is 2. The monoisotopic (exact) mass is 309 g/mol. The van der Waals surface area contributed by atoms with Crippen LogP contribution in [0.15, 0.2) is 48.8 Å². The number of carbonyl (C=O) groups is 1. The van der Waals surface area contributed by atoms with Crippen molar-refractivity contribution < 1.29 is 9.18 Å². The van der Waals surface area contributed by atoms with Gasteiger partial charge in [-0.25, -0.2) is 9.37 Å². The van der Waals surface area contributed by atoms with Crippen LogP contribution < -0.4 is 0 Å². The van der Waals surface area contributed by atoms with Crippen LogP contribution in [0.25, 0.3) is 11.0 Å². The molecule has 1 saturated heterocycles. The van der Waals surface area contributed by atoms with Gasteiger partial charge >= 0.3 is 0 Å². The van der Waals surface area contributed by atoms with E-state index in [9.17, 15) is 9.18 Å². The number of nitrogens with one attached hydrogen (secondary N) is 1. The highest BCUT2D eigenvalue weighted by molar-refractivity contribution is 5.97. The van der Waals surface area contributed by atoms with Crippen molar-refractivity contribution in [2.75, 3.05) is 13.1 Å².